The van der Waals surface area contributed by atoms with Crippen LogP contribution in [0, 0.1) is 0 Å². The number of hydrogen-bond acceptors (Lipinski definition) is 4. The highest BCUT2D eigenvalue weighted by Crippen LogP contribution is 2.21. The summed E-state index contributed by atoms with van der Waals surface area (Å²) in [6, 6.07) is 0. The first-order chi connectivity index (χ1) is 13.6. The highest BCUT2D eigenvalue weighted by atomic mass is 16.5. The van der Waals surface area contributed by atoms with Crippen molar-refractivity contribution in [1.29, 1.82) is 0 Å². The van der Waals surface area contributed by atoms with E-state index >= 15 is 0 Å². The first kappa shape index (κ1) is 26.7. The Kier molecular flexibility index (Phi) is 18.1. The fourth-order valence-corrected chi connectivity index (χ4v) is 3.09. The molecule has 0 aliphatic heterocycles. The van der Waals surface area contributed by atoms with Gasteiger partial charge in [-0.1, -0.05) is 85.5 Å². The van der Waals surface area contributed by atoms with E-state index in [1.54, 1.807) is 0 Å². The minimum absolute atomic E-state index is 0.333. The zero-order chi connectivity index (χ0) is 21.0. The number of hydrogen-bond donors (Lipinski definition) is 0. The molecule has 4 nitrogen and oxygen atoms in total. The summed E-state index contributed by atoms with van der Waals surface area (Å²) in [4.78, 5) is 25.1. The SMILES string of the molecule is CCCCCCCCCCC(C(=O)OCCCC)=C(CC)C(=O)OCCCC. The molecule has 0 atom stereocenters. The molecule has 28 heavy (non-hydrogen) atoms. The third kappa shape index (κ3) is 13.0. The lowest BCUT2D eigenvalue weighted by molar-refractivity contribution is -0.142. The monoisotopic (exact) mass is 396 g/mol. The van der Waals surface area contributed by atoms with Gasteiger partial charge in [0.05, 0.1) is 13.2 Å². The number of ether oxygens (including phenoxy) is 2. The minimum atomic E-state index is -0.349. The van der Waals surface area contributed by atoms with Crippen LogP contribution in [0.1, 0.15) is 118 Å². The van der Waals surface area contributed by atoms with Crippen LogP contribution < -0.4 is 0 Å². The average molecular weight is 397 g/mol. The summed E-state index contributed by atoms with van der Waals surface area (Å²) in [5.74, 6) is -0.682. The van der Waals surface area contributed by atoms with Gasteiger partial charge in [-0.2, -0.15) is 0 Å². The largest absolute Gasteiger partial charge is 0.462 e. The molecule has 0 rings (SSSR count). The van der Waals surface area contributed by atoms with Crippen LogP contribution in [0.4, 0.5) is 0 Å². The van der Waals surface area contributed by atoms with E-state index in [1.807, 2.05) is 6.92 Å². The Hall–Kier alpha value is -1.32. The van der Waals surface area contributed by atoms with Gasteiger partial charge in [-0.3, -0.25) is 0 Å². The van der Waals surface area contributed by atoms with E-state index in [1.165, 1.54) is 38.5 Å². The molecule has 0 fully saturated rings. The Morgan fingerprint density at radius 3 is 1.43 bits per heavy atom. The fourth-order valence-electron chi connectivity index (χ4n) is 3.09. The quantitative estimate of drug-likeness (QED) is 0.143. The van der Waals surface area contributed by atoms with Gasteiger partial charge in [0.1, 0.15) is 0 Å². The van der Waals surface area contributed by atoms with Crippen LogP contribution in [0.25, 0.3) is 0 Å². The molecule has 4 heteroatoms. The van der Waals surface area contributed by atoms with Gasteiger partial charge in [0, 0.05) is 11.1 Å². The summed E-state index contributed by atoms with van der Waals surface area (Å²) in [5.41, 5.74) is 1.03. The molecule has 0 bridgehead atoms. The Bertz CT molecular complexity index is 440. The fraction of sp³-hybridized carbons (Fsp3) is 0.833. The van der Waals surface area contributed by atoms with Gasteiger partial charge >= 0.3 is 11.9 Å². The van der Waals surface area contributed by atoms with Crippen molar-refractivity contribution in [2.45, 2.75) is 118 Å². The standard InChI is InChI=1S/C24H44O4/c1-5-9-12-13-14-15-16-17-18-22(24(26)28-20-11-7-3)21(8-4)23(25)27-19-10-6-2/h5-20H2,1-4H3. The number of carbonyl (C=O) groups is 2. The maximum atomic E-state index is 12.6. The summed E-state index contributed by atoms with van der Waals surface area (Å²) >= 11 is 0. The predicted octanol–water partition coefficient (Wildman–Crippen LogP) is 6.91. The lowest BCUT2D eigenvalue weighted by Gasteiger charge is -2.14. The molecule has 0 heterocycles. The molecule has 0 aliphatic carbocycles. The zero-order valence-corrected chi connectivity index (χ0v) is 18.9. The summed E-state index contributed by atoms with van der Waals surface area (Å²) < 4.78 is 10.8. The van der Waals surface area contributed by atoms with Crippen molar-refractivity contribution in [2.24, 2.45) is 0 Å². The average Bonchev–Trinajstić information content (AvgIpc) is 2.69. The number of unbranched alkanes of at least 4 members (excludes halogenated alkanes) is 9. The summed E-state index contributed by atoms with van der Waals surface area (Å²) in [6.45, 7) is 9.08. The van der Waals surface area contributed by atoms with Crippen molar-refractivity contribution in [3.05, 3.63) is 11.1 Å². The zero-order valence-electron chi connectivity index (χ0n) is 18.9. The van der Waals surface area contributed by atoms with Crippen molar-refractivity contribution in [2.75, 3.05) is 13.2 Å². The maximum absolute atomic E-state index is 12.6. The molecule has 0 aromatic rings. The second-order valence-corrected chi connectivity index (χ2v) is 7.51. The molecule has 164 valence electrons. The first-order valence-corrected chi connectivity index (χ1v) is 11.7. The van der Waals surface area contributed by atoms with Crippen LogP contribution in [0.2, 0.25) is 0 Å². The van der Waals surface area contributed by atoms with Crippen LogP contribution in [0.5, 0.6) is 0 Å². The van der Waals surface area contributed by atoms with Gasteiger partial charge in [-0.15, -0.1) is 0 Å². The molecule has 0 saturated carbocycles. The molecule has 0 aliphatic rings. The van der Waals surface area contributed by atoms with Crippen LogP contribution in [0.15, 0.2) is 11.1 Å². The highest BCUT2D eigenvalue weighted by molar-refractivity contribution is 6.00. The maximum Gasteiger partial charge on any atom is 0.334 e. The molecule has 0 saturated heterocycles. The minimum Gasteiger partial charge on any atom is -0.462 e. The van der Waals surface area contributed by atoms with E-state index in [-0.39, 0.29) is 11.9 Å². The van der Waals surface area contributed by atoms with E-state index in [4.69, 9.17) is 9.47 Å². The van der Waals surface area contributed by atoms with Crippen molar-refractivity contribution in [3.8, 4) is 0 Å². The van der Waals surface area contributed by atoms with E-state index in [0.717, 1.165) is 38.5 Å². The van der Waals surface area contributed by atoms with Crippen LogP contribution >= 0.6 is 0 Å². The second-order valence-electron chi connectivity index (χ2n) is 7.51. The van der Waals surface area contributed by atoms with Crippen LogP contribution in [-0.4, -0.2) is 25.2 Å². The van der Waals surface area contributed by atoms with Gasteiger partial charge < -0.3 is 9.47 Å². The van der Waals surface area contributed by atoms with Gasteiger partial charge in [0.15, 0.2) is 0 Å². The van der Waals surface area contributed by atoms with Crippen molar-refractivity contribution in [3.63, 3.8) is 0 Å². The summed E-state index contributed by atoms with van der Waals surface area (Å²) in [7, 11) is 0. The Balaban J connectivity index is 4.77. The Morgan fingerprint density at radius 1 is 0.536 bits per heavy atom. The Morgan fingerprint density at radius 2 is 0.964 bits per heavy atom. The first-order valence-electron chi connectivity index (χ1n) is 11.7. The molecule has 0 spiro atoms. The van der Waals surface area contributed by atoms with Gasteiger partial charge in [0.2, 0.25) is 0 Å². The third-order valence-corrected chi connectivity index (χ3v) is 4.95. The molecular formula is C24H44O4. The number of carbonyl (C=O) groups excluding carboxylic acids is 2. The van der Waals surface area contributed by atoms with E-state index in [0.29, 0.717) is 37.2 Å². The van der Waals surface area contributed by atoms with Gasteiger partial charge in [0.25, 0.3) is 0 Å². The predicted molar refractivity (Wildman–Crippen MR) is 116 cm³/mol. The molecule has 0 aromatic carbocycles. The van der Waals surface area contributed by atoms with Gasteiger partial charge in [-0.25, -0.2) is 9.59 Å². The highest BCUT2D eigenvalue weighted by Gasteiger charge is 2.21. The number of rotatable bonds is 18. The van der Waals surface area contributed by atoms with E-state index < -0.39 is 0 Å². The van der Waals surface area contributed by atoms with Crippen molar-refractivity contribution in [1.82, 2.24) is 0 Å². The topological polar surface area (TPSA) is 52.6 Å². The third-order valence-electron chi connectivity index (χ3n) is 4.95. The Labute approximate surface area is 173 Å². The van der Waals surface area contributed by atoms with Gasteiger partial charge in [-0.05, 0) is 32.1 Å². The molecule has 0 unspecified atom stereocenters. The number of esters is 2. The van der Waals surface area contributed by atoms with E-state index in [2.05, 4.69) is 20.8 Å². The second kappa shape index (κ2) is 19.0. The normalized spacial score (nSPS) is 11.9. The lowest BCUT2D eigenvalue weighted by atomic mass is 9.98. The van der Waals surface area contributed by atoms with Crippen molar-refractivity contribution < 1.29 is 19.1 Å². The summed E-state index contributed by atoms with van der Waals surface area (Å²) in [6.07, 6.45) is 14.4. The van der Waals surface area contributed by atoms with Crippen molar-refractivity contribution >= 4 is 11.9 Å². The smallest absolute Gasteiger partial charge is 0.334 e. The lowest BCUT2D eigenvalue weighted by Crippen LogP contribution is -2.17. The molecule has 0 radical (unpaired) electrons. The van der Waals surface area contributed by atoms with E-state index in [9.17, 15) is 9.59 Å². The van der Waals surface area contributed by atoms with Crippen LogP contribution in [-0.2, 0) is 19.1 Å². The molecule has 0 N–H and O–H groups in total. The molecule has 0 amide bonds. The van der Waals surface area contributed by atoms with Crippen LogP contribution in [0.3, 0.4) is 0 Å². The summed E-state index contributed by atoms with van der Waals surface area (Å²) in [5, 5.41) is 0. The molecular weight excluding hydrogens is 352 g/mol. The molecule has 0 aromatic heterocycles.